The summed E-state index contributed by atoms with van der Waals surface area (Å²) in [6, 6.07) is 3.53. The van der Waals surface area contributed by atoms with Crippen LogP contribution in [0.2, 0.25) is 0 Å². The van der Waals surface area contributed by atoms with E-state index in [9.17, 15) is 9.59 Å². The lowest BCUT2D eigenvalue weighted by Crippen LogP contribution is -2.00. The summed E-state index contributed by atoms with van der Waals surface area (Å²) < 4.78 is 10.00. The molecule has 0 saturated carbocycles. The van der Waals surface area contributed by atoms with Crippen LogP contribution < -0.4 is 5.73 Å². The summed E-state index contributed by atoms with van der Waals surface area (Å²) in [5.74, 6) is -0.348. The highest BCUT2D eigenvalue weighted by molar-refractivity contribution is 5.90. The number of hydrogen-bond acceptors (Lipinski definition) is 5. The van der Waals surface area contributed by atoms with Crippen LogP contribution in [0.25, 0.3) is 11.1 Å². The van der Waals surface area contributed by atoms with E-state index in [1.807, 2.05) is 6.07 Å². The first-order chi connectivity index (χ1) is 8.72. The summed E-state index contributed by atoms with van der Waals surface area (Å²) in [6.45, 7) is 1.50. The van der Waals surface area contributed by atoms with Gasteiger partial charge in [-0.1, -0.05) is 12.1 Å². The number of nitrogens with two attached hydrogens (primary N) is 1. The second-order valence-electron chi connectivity index (χ2n) is 3.41. The minimum Gasteiger partial charge on any atom is -0.472 e. The topological polar surface area (TPSA) is 82.5 Å². The molecule has 0 saturated heterocycles. The summed E-state index contributed by atoms with van der Waals surface area (Å²) in [6.07, 6.45) is 3.80. The molecule has 1 aliphatic heterocycles. The van der Waals surface area contributed by atoms with Crippen molar-refractivity contribution in [1.29, 1.82) is 0 Å². The first kappa shape index (κ1) is 13.9. The minimum absolute atomic E-state index is 0.151. The van der Waals surface area contributed by atoms with Crippen molar-refractivity contribution in [2.24, 2.45) is 5.73 Å². The van der Waals surface area contributed by atoms with E-state index in [4.69, 9.17) is 9.15 Å². The van der Waals surface area contributed by atoms with E-state index in [0.29, 0.717) is 5.56 Å². The zero-order valence-electron chi connectivity index (χ0n) is 10.3. The van der Waals surface area contributed by atoms with Crippen molar-refractivity contribution in [3.8, 4) is 11.1 Å². The Morgan fingerprint density at radius 1 is 1.33 bits per heavy atom. The Labute approximate surface area is 105 Å². The molecule has 5 heteroatoms. The molecule has 0 aromatic rings. The Kier molecular flexibility index (Phi) is 5.07. The van der Waals surface area contributed by atoms with Crippen LogP contribution in [0.5, 0.6) is 0 Å². The fourth-order valence-corrected chi connectivity index (χ4v) is 1.56. The van der Waals surface area contributed by atoms with Crippen LogP contribution in [-0.4, -0.2) is 19.3 Å². The third kappa shape index (κ3) is 2.95. The molecule has 0 aromatic heterocycles. The average molecular weight is 249 g/mol. The Bertz CT molecular complexity index is 504. The Balaban J connectivity index is 0.000000771. The summed E-state index contributed by atoms with van der Waals surface area (Å²) >= 11 is 0. The fraction of sp³-hybridized carbons (Fsp3) is 0.231. The van der Waals surface area contributed by atoms with Crippen molar-refractivity contribution in [3.63, 3.8) is 0 Å². The van der Waals surface area contributed by atoms with E-state index in [2.05, 4.69) is 5.73 Å². The normalized spacial score (nSPS) is 9.50. The fourth-order valence-electron chi connectivity index (χ4n) is 1.56. The first-order valence-electron chi connectivity index (χ1n) is 5.36. The summed E-state index contributed by atoms with van der Waals surface area (Å²) in [4.78, 5) is 21.4. The third-order valence-corrected chi connectivity index (χ3v) is 2.33. The largest absolute Gasteiger partial charge is 0.472 e. The van der Waals surface area contributed by atoms with Gasteiger partial charge in [-0.2, -0.15) is 0 Å². The van der Waals surface area contributed by atoms with Crippen molar-refractivity contribution >= 4 is 12.3 Å². The highest BCUT2D eigenvalue weighted by Crippen LogP contribution is 2.30. The van der Waals surface area contributed by atoms with Crippen LogP contribution in [-0.2, 0) is 16.1 Å². The number of fused-ring (bicyclic) bond motifs is 1. The molecule has 2 rings (SSSR count). The highest BCUT2D eigenvalue weighted by atomic mass is 16.5. The van der Waals surface area contributed by atoms with Gasteiger partial charge in [0.25, 0.3) is 0 Å². The molecule has 5 nitrogen and oxygen atoms in total. The smallest absolute Gasteiger partial charge is 0.302 e. The SMILES string of the molecule is CC(=O)OCc1cocc2c(C=O)ccc1-2.CN. The summed E-state index contributed by atoms with van der Waals surface area (Å²) in [5.41, 5.74) is 7.43. The maximum Gasteiger partial charge on any atom is 0.302 e. The number of rotatable bonds is 3. The number of hydrogen-bond donors (Lipinski definition) is 1. The molecule has 0 amide bonds. The van der Waals surface area contributed by atoms with Crippen molar-refractivity contribution in [1.82, 2.24) is 0 Å². The van der Waals surface area contributed by atoms with Gasteiger partial charge in [0, 0.05) is 23.6 Å². The third-order valence-electron chi connectivity index (χ3n) is 2.33. The van der Waals surface area contributed by atoms with E-state index in [1.165, 1.54) is 26.5 Å². The molecule has 0 atom stereocenters. The standard InChI is InChI=1S/C12H10O4.CH5N/c1-8(14)16-6-10-5-15-7-12-9(4-13)2-3-11(10)12;1-2/h2-5,7H,6H2,1H3;2H2,1H3. The maximum atomic E-state index is 10.7. The number of carbonyl (C=O) groups excluding carboxylic acids is 2. The van der Waals surface area contributed by atoms with Crippen LogP contribution >= 0.6 is 0 Å². The minimum atomic E-state index is -0.348. The van der Waals surface area contributed by atoms with Crippen LogP contribution in [0.15, 0.2) is 29.1 Å². The van der Waals surface area contributed by atoms with Gasteiger partial charge in [0.2, 0.25) is 0 Å². The maximum absolute atomic E-state index is 10.7. The lowest BCUT2D eigenvalue weighted by molar-refractivity contribution is -0.142. The van der Waals surface area contributed by atoms with Gasteiger partial charge in [-0.05, 0) is 12.6 Å². The zero-order valence-corrected chi connectivity index (χ0v) is 10.3. The Hall–Kier alpha value is -2.14. The van der Waals surface area contributed by atoms with E-state index in [1.54, 1.807) is 6.07 Å². The monoisotopic (exact) mass is 249 g/mol. The quantitative estimate of drug-likeness (QED) is 0.662. The van der Waals surface area contributed by atoms with Crippen molar-refractivity contribution in [2.75, 3.05) is 7.05 Å². The predicted octanol–water partition coefficient (Wildman–Crippen LogP) is 1.83. The molecule has 0 bridgehead atoms. The molecular formula is C13H15NO4. The summed E-state index contributed by atoms with van der Waals surface area (Å²) in [7, 11) is 1.50. The zero-order chi connectivity index (χ0) is 13.5. The molecule has 0 fully saturated rings. The molecule has 0 spiro atoms. The van der Waals surface area contributed by atoms with E-state index in [-0.39, 0.29) is 12.6 Å². The van der Waals surface area contributed by atoms with Crippen molar-refractivity contribution in [2.45, 2.75) is 13.5 Å². The molecule has 96 valence electrons. The van der Waals surface area contributed by atoms with Crippen molar-refractivity contribution in [3.05, 3.63) is 35.8 Å². The van der Waals surface area contributed by atoms with Gasteiger partial charge in [0.15, 0.2) is 6.29 Å². The number of carbonyl (C=O) groups is 2. The van der Waals surface area contributed by atoms with Crippen LogP contribution in [0, 0.1) is 0 Å². The number of ether oxygens (including phenoxy) is 1. The molecule has 2 aliphatic rings. The van der Waals surface area contributed by atoms with E-state index < -0.39 is 0 Å². The second kappa shape index (κ2) is 6.56. The molecule has 0 radical (unpaired) electrons. The van der Waals surface area contributed by atoms with Gasteiger partial charge < -0.3 is 14.9 Å². The van der Waals surface area contributed by atoms with Crippen molar-refractivity contribution < 1.29 is 18.7 Å². The van der Waals surface area contributed by atoms with Gasteiger partial charge in [-0.15, -0.1) is 0 Å². The molecule has 1 heterocycles. The molecule has 0 aromatic carbocycles. The molecule has 18 heavy (non-hydrogen) atoms. The van der Waals surface area contributed by atoms with Gasteiger partial charge in [0.1, 0.15) is 6.61 Å². The van der Waals surface area contributed by atoms with Gasteiger partial charge in [0.05, 0.1) is 12.5 Å². The summed E-state index contributed by atoms with van der Waals surface area (Å²) in [5, 5.41) is 0. The van der Waals surface area contributed by atoms with Crippen LogP contribution in [0.1, 0.15) is 22.8 Å². The van der Waals surface area contributed by atoms with Crippen LogP contribution in [0.3, 0.4) is 0 Å². The van der Waals surface area contributed by atoms with Crippen LogP contribution in [0.4, 0.5) is 0 Å². The highest BCUT2D eigenvalue weighted by Gasteiger charge is 2.14. The van der Waals surface area contributed by atoms with Gasteiger partial charge >= 0.3 is 5.97 Å². The van der Waals surface area contributed by atoms with Gasteiger partial charge in [-0.3, -0.25) is 9.59 Å². The van der Waals surface area contributed by atoms with Gasteiger partial charge in [-0.25, -0.2) is 0 Å². The first-order valence-corrected chi connectivity index (χ1v) is 5.36. The Morgan fingerprint density at radius 2 is 2.06 bits per heavy atom. The lowest BCUT2D eigenvalue weighted by atomic mass is 10.1. The second-order valence-corrected chi connectivity index (χ2v) is 3.41. The molecule has 2 N–H and O–H groups in total. The average Bonchev–Trinajstić information content (AvgIpc) is 2.82. The lowest BCUT2D eigenvalue weighted by Gasteiger charge is -2.07. The molecular weight excluding hydrogens is 234 g/mol. The molecule has 0 unspecified atom stereocenters. The molecule has 1 aliphatic carbocycles. The number of aldehydes is 1. The predicted molar refractivity (Wildman–Crippen MR) is 66.3 cm³/mol. The van der Waals surface area contributed by atoms with E-state index in [0.717, 1.165) is 23.0 Å². The Morgan fingerprint density at radius 3 is 2.67 bits per heavy atom. The van der Waals surface area contributed by atoms with E-state index >= 15 is 0 Å². The number of esters is 1.